The van der Waals surface area contributed by atoms with Crippen molar-refractivity contribution in [3.8, 4) is 5.75 Å². The molecule has 1 aliphatic rings. The Morgan fingerprint density at radius 3 is 2.57 bits per heavy atom. The molecule has 1 heterocycles. The Kier molecular flexibility index (Phi) is 2.55. The lowest BCUT2D eigenvalue weighted by Gasteiger charge is -2.19. The van der Waals surface area contributed by atoms with E-state index in [4.69, 9.17) is 11.6 Å². The average Bonchev–Trinajstić information content (AvgIpc) is 2.64. The van der Waals surface area contributed by atoms with Crippen LogP contribution in [0.3, 0.4) is 0 Å². The molecule has 0 atom stereocenters. The highest BCUT2D eigenvalue weighted by Gasteiger charge is 2.16. The van der Waals surface area contributed by atoms with Gasteiger partial charge in [-0.25, -0.2) is 0 Å². The summed E-state index contributed by atoms with van der Waals surface area (Å²) >= 11 is 6.03. The van der Waals surface area contributed by atoms with Crippen LogP contribution in [0.1, 0.15) is 18.4 Å². The summed E-state index contributed by atoms with van der Waals surface area (Å²) in [7, 11) is 0. The number of aryl methyl sites for hydroxylation is 1. The van der Waals surface area contributed by atoms with E-state index in [9.17, 15) is 5.11 Å². The first-order valence-corrected chi connectivity index (χ1v) is 5.30. The molecule has 0 aliphatic carbocycles. The maximum absolute atomic E-state index is 9.78. The van der Waals surface area contributed by atoms with Gasteiger partial charge in [0.1, 0.15) is 5.75 Å². The second-order valence-corrected chi connectivity index (χ2v) is 4.19. The Morgan fingerprint density at radius 2 is 1.93 bits per heavy atom. The van der Waals surface area contributed by atoms with Crippen molar-refractivity contribution in [1.82, 2.24) is 0 Å². The predicted molar refractivity (Wildman–Crippen MR) is 59.3 cm³/mol. The fourth-order valence-electron chi connectivity index (χ4n) is 1.87. The summed E-state index contributed by atoms with van der Waals surface area (Å²) in [5.41, 5.74) is 1.80. The van der Waals surface area contributed by atoms with Gasteiger partial charge < -0.3 is 10.0 Å². The highest BCUT2D eigenvalue weighted by molar-refractivity contribution is 6.31. The number of hydrogen-bond acceptors (Lipinski definition) is 2. The third-order valence-electron chi connectivity index (χ3n) is 2.70. The SMILES string of the molecule is Cc1cc(O)c(N2CCCC2)cc1Cl. The average molecular weight is 212 g/mol. The van der Waals surface area contributed by atoms with Crippen molar-refractivity contribution in [1.29, 1.82) is 0 Å². The summed E-state index contributed by atoms with van der Waals surface area (Å²) in [6.07, 6.45) is 2.40. The van der Waals surface area contributed by atoms with Crippen LogP contribution in [0.5, 0.6) is 5.75 Å². The molecule has 1 aliphatic heterocycles. The quantitative estimate of drug-likeness (QED) is 0.772. The largest absolute Gasteiger partial charge is 0.506 e. The first-order valence-electron chi connectivity index (χ1n) is 4.92. The number of rotatable bonds is 1. The first kappa shape index (κ1) is 9.66. The van der Waals surface area contributed by atoms with E-state index in [1.807, 2.05) is 13.0 Å². The Balaban J connectivity index is 2.37. The van der Waals surface area contributed by atoms with Gasteiger partial charge in [0.15, 0.2) is 0 Å². The van der Waals surface area contributed by atoms with E-state index >= 15 is 0 Å². The van der Waals surface area contributed by atoms with E-state index in [-0.39, 0.29) is 0 Å². The minimum absolute atomic E-state index is 0.341. The van der Waals surface area contributed by atoms with Crippen molar-refractivity contribution in [2.24, 2.45) is 0 Å². The molecule has 14 heavy (non-hydrogen) atoms. The fraction of sp³-hybridized carbons (Fsp3) is 0.455. The normalized spacial score (nSPS) is 16.3. The number of aromatic hydroxyl groups is 1. The molecular formula is C11H14ClNO. The Bertz CT molecular complexity index is 345. The molecule has 3 heteroatoms. The monoisotopic (exact) mass is 211 g/mol. The number of hydrogen-bond donors (Lipinski definition) is 1. The van der Waals surface area contributed by atoms with Gasteiger partial charge in [0.05, 0.1) is 5.69 Å². The van der Waals surface area contributed by atoms with Gasteiger partial charge in [-0.15, -0.1) is 0 Å². The van der Waals surface area contributed by atoms with Crippen LogP contribution in [0.15, 0.2) is 12.1 Å². The second-order valence-electron chi connectivity index (χ2n) is 3.78. The Morgan fingerprint density at radius 1 is 1.29 bits per heavy atom. The topological polar surface area (TPSA) is 23.5 Å². The second kappa shape index (κ2) is 3.70. The van der Waals surface area contributed by atoms with Crippen molar-refractivity contribution < 1.29 is 5.11 Å². The van der Waals surface area contributed by atoms with Gasteiger partial charge in [-0.3, -0.25) is 0 Å². The molecule has 1 fully saturated rings. The minimum Gasteiger partial charge on any atom is -0.506 e. The molecule has 1 N–H and O–H groups in total. The summed E-state index contributed by atoms with van der Waals surface area (Å²) in [4.78, 5) is 2.18. The van der Waals surface area contributed by atoms with E-state index in [2.05, 4.69) is 4.90 Å². The number of anilines is 1. The number of benzene rings is 1. The van der Waals surface area contributed by atoms with Crippen LogP contribution >= 0.6 is 11.6 Å². The van der Waals surface area contributed by atoms with Crippen LogP contribution in [0.4, 0.5) is 5.69 Å². The fourth-order valence-corrected chi connectivity index (χ4v) is 2.02. The van der Waals surface area contributed by atoms with Crippen LogP contribution in [0.2, 0.25) is 5.02 Å². The molecule has 0 spiro atoms. The lowest BCUT2D eigenvalue weighted by atomic mass is 10.2. The molecule has 0 radical (unpaired) electrons. The smallest absolute Gasteiger partial charge is 0.139 e. The minimum atomic E-state index is 0.341. The summed E-state index contributed by atoms with van der Waals surface area (Å²) in [6.45, 7) is 3.94. The van der Waals surface area contributed by atoms with E-state index in [0.717, 1.165) is 29.4 Å². The zero-order valence-corrected chi connectivity index (χ0v) is 9.01. The Hall–Kier alpha value is -0.890. The van der Waals surface area contributed by atoms with Gasteiger partial charge in [-0.2, -0.15) is 0 Å². The number of phenolic OH excluding ortho intramolecular Hbond substituents is 1. The maximum atomic E-state index is 9.78. The van der Waals surface area contributed by atoms with Crippen molar-refractivity contribution >= 4 is 17.3 Å². The lowest BCUT2D eigenvalue weighted by Crippen LogP contribution is -2.17. The van der Waals surface area contributed by atoms with Gasteiger partial charge >= 0.3 is 0 Å². The molecular weight excluding hydrogens is 198 g/mol. The van der Waals surface area contributed by atoms with E-state index in [1.54, 1.807) is 6.07 Å². The Labute approximate surface area is 89.1 Å². The molecule has 2 nitrogen and oxygen atoms in total. The van der Waals surface area contributed by atoms with Crippen molar-refractivity contribution in [3.05, 3.63) is 22.7 Å². The first-order chi connectivity index (χ1) is 6.68. The van der Waals surface area contributed by atoms with Crippen LogP contribution in [-0.4, -0.2) is 18.2 Å². The summed E-state index contributed by atoms with van der Waals surface area (Å²) in [5, 5.41) is 10.5. The van der Waals surface area contributed by atoms with Crippen LogP contribution < -0.4 is 4.90 Å². The van der Waals surface area contributed by atoms with Crippen molar-refractivity contribution in [2.45, 2.75) is 19.8 Å². The summed E-state index contributed by atoms with van der Waals surface area (Å²) in [5.74, 6) is 0.341. The van der Waals surface area contributed by atoms with Gasteiger partial charge in [0.2, 0.25) is 0 Å². The van der Waals surface area contributed by atoms with E-state index in [0.29, 0.717) is 5.75 Å². The van der Waals surface area contributed by atoms with Crippen molar-refractivity contribution in [2.75, 3.05) is 18.0 Å². The van der Waals surface area contributed by atoms with Gasteiger partial charge in [0.25, 0.3) is 0 Å². The molecule has 0 unspecified atom stereocenters. The molecule has 0 saturated carbocycles. The highest BCUT2D eigenvalue weighted by atomic mass is 35.5. The maximum Gasteiger partial charge on any atom is 0.139 e. The third-order valence-corrected chi connectivity index (χ3v) is 3.11. The summed E-state index contributed by atoms with van der Waals surface area (Å²) < 4.78 is 0. The standard InChI is InChI=1S/C11H14ClNO/c1-8-6-11(14)10(7-9(8)12)13-4-2-3-5-13/h6-7,14H,2-5H2,1H3. The van der Waals surface area contributed by atoms with Gasteiger partial charge in [-0.1, -0.05) is 11.6 Å². The molecule has 2 rings (SSSR count). The zero-order valence-electron chi connectivity index (χ0n) is 8.26. The van der Waals surface area contributed by atoms with Crippen LogP contribution in [0.25, 0.3) is 0 Å². The third kappa shape index (κ3) is 1.67. The van der Waals surface area contributed by atoms with Gasteiger partial charge in [-0.05, 0) is 37.5 Å². The zero-order chi connectivity index (χ0) is 10.1. The molecule has 1 aromatic rings. The molecule has 0 bridgehead atoms. The molecule has 0 aromatic heterocycles. The summed E-state index contributed by atoms with van der Waals surface area (Å²) in [6, 6.07) is 3.59. The predicted octanol–water partition coefficient (Wildman–Crippen LogP) is 2.95. The van der Waals surface area contributed by atoms with Crippen LogP contribution in [-0.2, 0) is 0 Å². The number of phenols is 1. The highest BCUT2D eigenvalue weighted by Crippen LogP contribution is 2.34. The lowest BCUT2D eigenvalue weighted by molar-refractivity contribution is 0.474. The van der Waals surface area contributed by atoms with Gasteiger partial charge in [0, 0.05) is 18.1 Å². The van der Waals surface area contributed by atoms with E-state index < -0.39 is 0 Å². The molecule has 76 valence electrons. The molecule has 0 amide bonds. The van der Waals surface area contributed by atoms with Crippen LogP contribution in [0, 0.1) is 6.92 Å². The number of halogens is 1. The number of nitrogens with zero attached hydrogens (tertiary/aromatic N) is 1. The van der Waals surface area contributed by atoms with E-state index in [1.165, 1.54) is 12.8 Å². The molecule has 1 aromatic carbocycles. The molecule has 1 saturated heterocycles. The van der Waals surface area contributed by atoms with Crippen molar-refractivity contribution in [3.63, 3.8) is 0 Å².